The van der Waals surface area contributed by atoms with Crippen LogP contribution in [0.5, 0.6) is 0 Å². The van der Waals surface area contributed by atoms with Gasteiger partial charge in [-0.1, -0.05) is 0 Å². The molecule has 0 amide bonds. The molecular formula is C10H21K3N2O6S2. The fraction of sp³-hybridized carbons (Fsp3) is 0.600. The van der Waals surface area contributed by atoms with Crippen molar-refractivity contribution in [1.29, 1.82) is 0 Å². The zero-order chi connectivity index (χ0) is 16.1. The molecule has 23 heavy (non-hydrogen) atoms. The van der Waals surface area contributed by atoms with Crippen LogP contribution in [-0.2, 0) is 9.59 Å². The first-order chi connectivity index (χ1) is 9.16. The first-order valence-corrected chi connectivity index (χ1v) is 6.38. The Bertz CT molecular complexity index is 339. The number of nitrogens with two attached hydrogens (primary N) is 1. The summed E-state index contributed by atoms with van der Waals surface area (Å²) in [6.45, 7) is 0.641. The van der Waals surface area contributed by atoms with E-state index in [9.17, 15) is 9.59 Å². The fourth-order valence-electron chi connectivity index (χ4n) is 1.15. The topological polar surface area (TPSA) is 144 Å². The molecule has 0 fully saturated rings. The number of aliphatic hydroxyl groups is 2. The third-order valence-electron chi connectivity index (χ3n) is 1.91. The number of carboxylic acids is 2. The Morgan fingerprint density at radius 1 is 0.826 bits per heavy atom. The van der Waals surface area contributed by atoms with Crippen molar-refractivity contribution in [2.45, 2.75) is 25.7 Å². The van der Waals surface area contributed by atoms with Gasteiger partial charge in [-0.05, 0) is 37.3 Å². The third kappa shape index (κ3) is 36.8. The molecule has 0 aromatic rings. The SMILES string of the molecule is NC(O)=S.O=C(O)CCCN(CCCC(=O)O)C(O)=S.[KH].[KH].[KH]. The van der Waals surface area contributed by atoms with Crippen molar-refractivity contribution >= 4 is 201 Å². The summed E-state index contributed by atoms with van der Waals surface area (Å²) in [4.78, 5) is 21.9. The van der Waals surface area contributed by atoms with Gasteiger partial charge in [0.05, 0.1) is 0 Å². The molecule has 0 aliphatic rings. The minimum absolute atomic E-state index is 0. The number of thiocarbonyl (C=S) groups is 2. The van der Waals surface area contributed by atoms with Gasteiger partial charge in [-0.15, -0.1) is 0 Å². The molecule has 0 saturated heterocycles. The first-order valence-electron chi connectivity index (χ1n) is 5.56. The summed E-state index contributed by atoms with van der Waals surface area (Å²) in [7, 11) is 0. The van der Waals surface area contributed by atoms with Gasteiger partial charge in [0.2, 0.25) is 0 Å². The molecule has 0 unspecified atom stereocenters. The number of carbonyl (C=O) groups is 2. The van der Waals surface area contributed by atoms with Crippen molar-refractivity contribution in [3.05, 3.63) is 0 Å². The number of aliphatic carboxylic acids is 2. The molecule has 6 N–H and O–H groups in total. The molecule has 0 radical (unpaired) electrons. The number of carboxylic acid groups (broad SMARTS) is 2. The van der Waals surface area contributed by atoms with E-state index < -0.39 is 17.1 Å². The number of aliphatic hydroxyl groups excluding tert-OH is 2. The predicted molar refractivity (Wildman–Crippen MR) is 101 cm³/mol. The van der Waals surface area contributed by atoms with Crippen LogP contribution in [0.25, 0.3) is 0 Å². The van der Waals surface area contributed by atoms with Crippen molar-refractivity contribution in [3.8, 4) is 0 Å². The van der Waals surface area contributed by atoms with Crippen LogP contribution in [0.4, 0.5) is 0 Å². The third-order valence-corrected chi connectivity index (χ3v) is 2.17. The van der Waals surface area contributed by atoms with Gasteiger partial charge in [-0.25, -0.2) is 0 Å². The monoisotopic (exact) mass is 446 g/mol. The zero-order valence-corrected chi connectivity index (χ0v) is 12.3. The standard InChI is InChI=1S/C9H15NO5S.CH3NOS.3K.3H/c11-7(12)3-1-5-10(9(15)16)6-2-4-8(13)14;2-1(3)4;;;;;;/h1-6H2,(H,11,12)(H,13,14)(H,15,16);(H3,2,3,4);;;;;;. The van der Waals surface area contributed by atoms with Gasteiger partial charge in [-0.2, -0.15) is 0 Å². The Morgan fingerprint density at radius 2 is 1.09 bits per heavy atom. The van der Waals surface area contributed by atoms with Gasteiger partial charge in [0, 0.05) is 25.9 Å². The number of rotatable bonds is 8. The van der Waals surface area contributed by atoms with Crippen LogP contribution < -0.4 is 5.73 Å². The van der Waals surface area contributed by atoms with Gasteiger partial charge < -0.3 is 31.1 Å². The summed E-state index contributed by atoms with van der Waals surface area (Å²) in [5.41, 5.74) is 4.40. The maximum absolute atomic E-state index is 10.3. The van der Waals surface area contributed by atoms with E-state index in [1.54, 1.807) is 0 Å². The van der Waals surface area contributed by atoms with Gasteiger partial charge >= 0.3 is 166 Å². The van der Waals surface area contributed by atoms with Crippen molar-refractivity contribution in [2.75, 3.05) is 13.1 Å². The van der Waals surface area contributed by atoms with Crippen LogP contribution in [0.15, 0.2) is 0 Å². The van der Waals surface area contributed by atoms with Gasteiger partial charge in [0.15, 0.2) is 0 Å². The van der Waals surface area contributed by atoms with E-state index in [0.717, 1.165) is 0 Å². The Labute approximate surface area is 273 Å². The minimum atomic E-state index is -0.908. The van der Waals surface area contributed by atoms with Crippen molar-refractivity contribution in [1.82, 2.24) is 4.90 Å². The summed E-state index contributed by atoms with van der Waals surface area (Å²) in [5, 5.41) is 32.7. The van der Waals surface area contributed by atoms with Gasteiger partial charge in [0.25, 0.3) is 10.3 Å². The van der Waals surface area contributed by atoms with Gasteiger partial charge in [0.1, 0.15) is 0 Å². The molecule has 8 nitrogen and oxygen atoms in total. The Morgan fingerprint density at radius 3 is 1.26 bits per heavy atom. The van der Waals surface area contributed by atoms with Crippen LogP contribution in [0.1, 0.15) is 25.7 Å². The van der Waals surface area contributed by atoms with E-state index in [0.29, 0.717) is 25.9 Å². The molecule has 0 saturated carbocycles. The number of nitrogens with zero attached hydrogens (tertiary/aromatic N) is 1. The van der Waals surface area contributed by atoms with E-state index in [1.165, 1.54) is 4.90 Å². The van der Waals surface area contributed by atoms with Crippen molar-refractivity contribution < 1.29 is 30.0 Å². The van der Waals surface area contributed by atoms with E-state index in [1.807, 2.05) is 0 Å². The van der Waals surface area contributed by atoms with Crippen LogP contribution in [0.3, 0.4) is 0 Å². The Hall–Kier alpha value is 3.23. The first kappa shape index (κ1) is 37.0. The summed E-state index contributed by atoms with van der Waals surface area (Å²) in [5.74, 6) is -1.82. The average molecular weight is 447 g/mol. The van der Waals surface area contributed by atoms with Crippen LogP contribution in [0, 0.1) is 0 Å². The van der Waals surface area contributed by atoms with E-state index in [-0.39, 0.29) is 172 Å². The summed E-state index contributed by atoms with van der Waals surface area (Å²) < 4.78 is 0. The number of hydrogen-bond acceptors (Lipinski definition) is 4. The maximum atomic E-state index is 10.3. The number of hydrogen-bond donors (Lipinski definition) is 5. The van der Waals surface area contributed by atoms with Crippen molar-refractivity contribution in [2.24, 2.45) is 5.73 Å². The molecule has 0 atom stereocenters. The second kappa shape index (κ2) is 25.2. The molecule has 0 aliphatic carbocycles. The molecule has 0 aromatic heterocycles. The fourth-order valence-corrected chi connectivity index (χ4v) is 1.33. The van der Waals surface area contributed by atoms with E-state index in [2.05, 4.69) is 30.2 Å². The second-order valence-electron chi connectivity index (χ2n) is 3.60. The molecule has 0 aromatic carbocycles. The van der Waals surface area contributed by atoms with Crippen LogP contribution in [-0.4, -0.2) is 215 Å². The normalized spacial score (nSPS) is 7.83. The molecule has 0 bridgehead atoms. The molecule has 0 aliphatic heterocycles. The van der Waals surface area contributed by atoms with Crippen LogP contribution in [0.2, 0.25) is 0 Å². The summed E-state index contributed by atoms with van der Waals surface area (Å²) >= 11 is 8.43. The van der Waals surface area contributed by atoms with E-state index in [4.69, 9.17) is 20.4 Å². The Kier molecular flexibility index (Phi) is 40.6. The quantitative estimate of drug-likeness (QED) is 0.225. The van der Waals surface area contributed by atoms with Crippen LogP contribution >= 0.6 is 24.4 Å². The Balaban J connectivity index is -0.000000138. The second-order valence-corrected chi connectivity index (χ2v) is 4.39. The molecule has 0 rings (SSSR count). The molecule has 13 heteroatoms. The molecule has 0 heterocycles. The molecule has 122 valence electrons. The predicted octanol–water partition coefficient (Wildman–Crippen LogP) is -1.30. The van der Waals surface area contributed by atoms with E-state index >= 15 is 0 Å². The zero-order valence-electron chi connectivity index (χ0n) is 10.7. The summed E-state index contributed by atoms with van der Waals surface area (Å²) in [6.07, 6.45) is 0.725. The van der Waals surface area contributed by atoms with Gasteiger partial charge in [-0.3, -0.25) is 9.59 Å². The van der Waals surface area contributed by atoms with Crippen molar-refractivity contribution in [3.63, 3.8) is 0 Å². The molecule has 0 spiro atoms. The average Bonchev–Trinajstić information content (AvgIpc) is 2.24. The summed E-state index contributed by atoms with van der Waals surface area (Å²) in [6, 6.07) is 0. The molecular weight excluding hydrogens is 426 g/mol.